The summed E-state index contributed by atoms with van der Waals surface area (Å²) >= 11 is 0. The van der Waals surface area contributed by atoms with E-state index in [1.807, 2.05) is 0 Å². The number of methoxy groups -OCH3 is 2. The van der Waals surface area contributed by atoms with Gasteiger partial charge in [0.05, 0.1) is 26.0 Å². The minimum atomic E-state index is -2.81. The van der Waals surface area contributed by atoms with Crippen LogP contribution in [0.4, 0.5) is 8.78 Å². The van der Waals surface area contributed by atoms with Crippen LogP contribution in [0.2, 0.25) is 0 Å². The molecule has 0 radical (unpaired) electrons. The van der Waals surface area contributed by atoms with Crippen molar-refractivity contribution in [2.75, 3.05) is 14.2 Å². The maximum Gasteiger partial charge on any atom is 0.357 e. The molecule has 0 fully saturated rings. The number of aromatic nitrogens is 1. The highest BCUT2D eigenvalue weighted by Gasteiger charge is 2.24. The van der Waals surface area contributed by atoms with E-state index < -0.39 is 18.0 Å². The van der Waals surface area contributed by atoms with E-state index in [9.17, 15) is 13.6 Å². The SMILES string of the molecule is COC(=O)c1ncc(OC)c(C)c1C(F)F. The summed E-state index contributed by atoms with van der Waals surface area (Å²) < 4.78 is 34.8. The molecule has 1 heterocycles. The number of alkyl halides is 2. The molecule has 0 atom stereocenters. The Morgan fingerprint density at radius 2 is 2.06 bits per heavy atom. The average molecular weight is 231 g/mol. The van der Waals surface area contributed by atoms with Gasteiger partial charge in [0, 0.05) is 5.56 Å². The molecule has 0 aliphatic heterocycles. The van der Waals surface area contributed by atoms with Gasteiger partial charge in [0.1, 0.15) is 5.75 Å². The molecule has 4 nitrogen and oxygen atoms in total. The summed E-state index contributed by atoms with van der Waals surface area (Å²) in [5, 5.41) is 0. The predicted molar refractivity (Wildman–Crippen MR) is 51.8 cm³/mol. The number of esters is 1. The van der Waals surface area contributed by atoms with Gasteiger partial charge in [0.2, 0.25) is 0 Å². The third-order valence-corrected chi connectivity index (χ3v) is 2.16. The average Bonchev–Trinajstić information content (AvgIpc) is 2.26. The highest BCUT2D eigenvalue weighted by Crippen LogP contribution is 2.31. The number of nitrogens with zero attached hydrogens (tertiary/aromatic N) is 1. The lowest BCUT2D eigenvalue weighted by Crippen LogP contribution is -2.11. The number of ether oxygens (including phenoxy) is 2. The van der Waals surface area contributed by atoms with Crippen LogP contribution in [0.5, 0.6) is 5.75 Å². The van der Waals surface area contributed by atoms with Gasteiger partial charge in [-0.2, -0.15) is 0 Å². The minimum Gasteiger partial charge on any atom is -0.495 e. The summed E-state index contributed by atoms with van der Waals surface area (Å²) in [6.07, 6.45) is -1.59. The van der Waals surface area contributed by atoms with Gasteiger partial charge >= 0.3 is 5.97 Å². The number of halogens is 2. The monoisotopic (exact) mass is 231 g/mol. The predicted octanol–water partition coefficient (Wildman–Crippen LogP) is 2.12. The van der Waals surface area contributed by atoms with Gasteiger partial charge in [0.25, 0.3) is 6.43 Å². The quantitative estimate of drug-likeness (QED) is 0.747. The van der Waals surface area contributed by atoms with Gasteiger partial charge in [-0.3, -0.25) is 0 Å². The fourth-order valence-electron chi connectivity index (χ4n) is 1.33. The largest absolute Gasteiger partial charge is 0.495 e. The lowest BCUT2D eigenvalue weighted by molar-refractivity contribution is 0.0581. The Morgan fingerprint density at radius 1 is 1.44 bits per heavy atom. The molecule has 0 saturated heterocycles. The number of hydrogen-bond donors (Lipinski definition) is 0. The van der Waals surface area contributed by atoms with Gasteiger partial charge in [-0.1, -0.05) is 0 Å². The van der Waals surface area contributed by atoms with E-state index in [0.29, 0.717) is 0 Å². The smallest absolute Gasteiger partial charge is 0.357 e. The molecule has 0 aliphatic carbocycles. The zero-order valence-electron chi connectivity index (χ0n) is 9.08. The van der Waals surface area contributed by atoms with E-state index in [-0.39, 0.29) is 17.0 Å². The first-order valence-electron chi connectivity index (χ1n) is 4.42. The van der Waals surface area contributed by atoms with Crippen molar-refractivity contribution in [1.82, 2.24) is 4.98 Å². The normalized spacial score (nSPS) is 10.4. The topological polar surface area (TPSA) is 48.4 Å². The van der Waals surface area contributed by atoms with Gasteiger partial charge < -0.3 is 9.47 Å². The summed E-state index contributed by atoms with van der Waals surface area (Å²) in [6, 6.07) is 0. The Hall–Kier alpha value is -1.72. The van der Waals surface area contributed by atoms with E-state index in [2.05, 4.69) is 9.72 Å². The van der Waals surface area contributed by atoms with Crippen LogP contribution in [0.15, 0.2) is 6.20 Å². The Labute approximate surface area is 91.2 Å². The molecule has 88 valence electrons. The third-order valence-electron chi connectivity index (χ3n) is 2.16. The van der Waals surface area contributed by atoms with Crippen LogP contribution in [-0.2, 0) is 4.74 Å². The van der Waals surface area contributed by atoms with E-state index in [1.54, 1.807) is 0 Å². The van der Waals surface area contributed by atoms with Crippen molar-refractivity contribution >= 4 is 5.97 Å². The molecule has 6 heteroatoms. The molecule has 0 aliphatic rings. The molecule has 0 bridgehead atoms. The molecule has 0 amide bonds. The van der Waals surface area contributed by atoms with Crippen molar-refractivity contribution < 1.29 is 23.0 Å². The number of hydrogen-bond acceptors (Lipinski definition) is 4. The summed E-state index contributed by atoms with van der Waals surface area (Å²) in [5.74, 6) is -0.677. The summed E-state index contributed by atoms with van der Waals surface area (Å²) in [7, 11) is 2.45. The van der Waals surface area contributed by atoms with Gasteiger partial charge in [-0.05, 0) is 6.92 Å². The van der Waals surface area contributed by atoms with E-state index >= 15 is 0 Å². The first-order chi connectivity index (χ1) is 7.52. The van der Waals surface area contributed by atoms with Crippen LogP contribution in [0.1, 0.15) is 28.0 Å². The first-order valence-corrected chi connectivity index (χ1v) is 4.42. The molecule has 0 unspecified atom stereocenters. The lowest BCUT2D eigenvalue weighted by Gasteiger charge is -2.12. The maximum atomic E-state index is 12.8. The molecule has 0 N–H and O–H groups in total. The zero-order chi connectivity index (χ0) is 12.3. The van der Waals surface area contributed by atoms with Crippen LogP contribution in [0.25, 0.3) is 0 Å². The molecule has 0 saturated carbocycles. The molecule has 0 spiro atoms. The Bertz CT molecular complexity index is 407. The van der Waals surface area contributed by atoms with Crippen LogP contribution in [0.3, 0.4) is 0 Å². The van der Waals surface area contributed by atoms with Crippen molar-refractivity contribution in [3.05, 3.63) is 23.0 Å². The number of carbonyl (C=O) groups excluding carboxylic acids is 1. The molecular weight excluding hydrogens is 220 g/mol. The van der Waals surface area contributed by atoms with Gasteiger partial charge in [-0.25, -0.2) is 18.6 Å². The Morgan fingerprint density at radius 3 is 2.50 bits per heavy atom. The van der Waals surface area contributed by atoms with Crippen LogP contribution < -0.4 is 4.74 Å². The summed E-state index contributed by atoms with van der Waals surface area (Å²) in [5.41, 5.74) is -0.644. The fourth-order valence-corrected chi connectivity index (χ4v) is 1.33. The van der Waals surface area contributed by atoms with Crippen molar-refractivity contribution in [2.45, 2.75) is 13.3 Å². The molecule has 16 heavy (non-hydrogen) atoms. The Kier molecular flexibility index (Phi) is 3.76. The van der Waals surface area contributed by atoms with Crippen molar-refractivity contribution in [3.63, 3.8) is 0 Å². The lowest BCUT2D eigenvalue weighted by atomic mass is 10.1. The number of pyridine rings is 1. The second-order valence-electron chi connectivity index (χ2n) is 3.01. The van der Waals surface area contributed by atoms with Crippen LogP contribution >= 0.6 is 0 Å². The third kappa shape index (κ3) is 2.10. The van der Waals surface area contributed by atoms with Crippen molar-refractivity contribution in [3.8, 4) is 5.75 Å². The second kappa shape index (κ2) is 4.87. The van der Waals surface area contributed by atoms with E-state index in [4.69, 9.17) is 4.74 Å². The van der Waals surface area contributed by atoms with Gasteiger partial charge in [0.15, 0.2) is 5.69 Å². The van der Waals surface area contributed by atoms with E-state index in [1.165, 1.54) is 20.2 Å². The van der Waals surface area contributed by atoms with Crippen LogP contribution in [-0.4, -0.2) is 25.2 Å². The second-order valence-corrected chi connectivity index (χ2v) is 3.01. The molecule has 1 rings (SSSR count). The van der Waals surface area contributed by atoms with E-state index in [0.717, 1.165) is 7.11 Å². The molecule has 1 aromatic rings. The first kappa shape index (κ1) is 12.4. The minimum absolute atomic E-state index is 0.188. The van der Waals surface area contributed by atoms with Crippen LogP contribution in [0, 0.1) is 6.92 Å². The van der Waals surface area contributed by atoms with Crippen molar-refractivity contribution in [2.24, 2.45) is 0 Å². The molecular formula is C10H11F2NO3. The molecule has 0 aromatic carbocycles. The highest BCUT2D eigenvalue weighted by atomic mass is 19.3. The van der Waals surface area contributed by atoms with Crippen molar-refractivity contribution in [1.29, 1.82) is 0 Å². The fraction of sp³-hybridized carbons (Fsp3) is 0.400. The zero-order valence-corrected chi connectivity index (χ0v) is 9.08. The van der Waals surface area contributed by atoms with Gasteiger partial charge in [-0.15, -0.1) is 0 Å². The maximum absolute atomic E-state index is 12.8. The summed E-state index contributed by atoms with van der Waals surface area (Å²) in [4.78, 5) is 14.9. The molecule has 1 aromatic heterocycles. The Balaban J connectivity index is 3.40. The highest BCUT2D eigenvalue weighted by molar-refractivity contribution is 5.89. The summed E-state index contributed by atoms with van der Waals surface area (Å²) in [6.45, 7) is 1.44. The number of carbonyl (C=O) groups is 1. The number of rotatable bonds is 3. The standard InChI is InChI=1S/C10H11F2NO3/c1-5-6(15-2)4-13-8(10(14)16-3)7(5)9(11)12/h4,9H,1-3H3.